The molecular weight excluding hydrogens is 448 g/mol. The lowest BCUT2D eigenvalue weighted by molar-refractivity contribution is -0.139. The topological polar surface area (TPSA) is 97.2 Å². The predicted molar refractivity (Wildman–Crippen MR) is 111 cm³/mol. The summed E-state index contributed by atoms with van der Waals surface area (Å²) in [6, 6.07) is 12.7. The molecule has 2 N–H and O–H groups in total. The Labute approximate surface area is 173 Å². The van der Waals surface area contributed by atoms with Crippen LogP contribution in [-0.4, -0.2) is 35.9 Å². The number of amidine groups is 1. The smallest absolute Gasteiger partial charge is 0.341 e. The fourth-order valence-electron chi connectivity index (χ4n) is 2.35. The average molecular weight is 463 g/mol. The molecule has 2 aromatic rings. The van der Waals surface area contributed by atoms with Crippen molar-refractivity contribution >= 4 is 56.5 Å². The minimum atomic E-state index is -1.09. The third kappa shape index (κ3) is 4.93. The van der Waals surface area contributed by atoms with Gasteiger partial charge in [0.2, 0.25) is 0 Å². The highest BCUT2D eigenvalue weighted by Crippen LogP contribution is 2.38. The van der Waals surface area contributed by atoms with Crippen LogP contribution in [0.25, 0.3) is 6.08 Å². The number of carboxylic acid groups (broad SMARTS) is 1. The number of aliphatic imine (C=N–C) groups is 1. The third-order valence-corrected chi connectivity index (χ3v) is 5.03. The van der Waals surface area contributed by atoms with E-state index in [0.717, 1.165) is 5.69 Å². The van der Waals surface area contributed by atoms with Crippen molar-refractivity contribution in [3.63, 3.8) is 0 Å². The van der Waals surface area contributed by atoms with Crippen LogP contribution in [0.2, 0.25) is 0 Å². The lowest BCUT2D eigenvalue weighted by Crippen LogP contribution is -2.19. The van der Waals surface area contributed by atoms with E-state index in [-0.39, 0.29) is 11.7 Å². The number of aliphatic carboxylic acids is 1. The van der Waals surface area contributed by atoms with Crippen molar-refractivity contribution in [2.24, 2.45) is 4.99 Å². The second kappa shape index (κ2) is 8.94. The Morgan fingerprint density at radius 1 is 1.32 bits per heavy atom. The van der Waals surface area contributed by atoms with Crippen LogP contribution in [-0.2, 0) is 9.59 Å². The highest BCUT2D eigenvalue weighted by molar-refractivity contribution is 9.10. The van der Waals surface area contributed by atoms with Crippen LogP contribution in [0.4, 0.5) is 5.69 Å². The van der Waals surface area contributed by atoms with Gasteiger partial charge in [-0.1, -0.05) is 18.2 Å². The van der Waals surface area contributed by atoms with E-state index in [9.17, 15) is 9.59 Å². The number of carboxylic acids is 1. The first-order chi connectivity index (χ1) is 13.5. The largest absolute Gasteiger partial charge is 0.493 e. The highest BCUT2D eigenvalue weighted by Gasteiger charge is 2.24. The summed E-state index contributed by atoms with van der Waals surface area (Å²) in [5.74, 6) is -0.712. The first-order valence-corrected chi connectivity index (χ1v) is 9.64. The van der Waals surface area contributed by atoms with Crippen LogP contribution < -0.4 is 14.8 Å². The number of hydrogen-bond acceptors (Lipinski definition) is 6. The quantitative estimate of drug-likeness (QED) is 0.633. The molecule has 0 radical (unpaired) electrons. The summed E-state index contributed by atoms with van der Waals surface area (Å²) in [7, 11) is 1.45. The molecule has 0 saturated carbocycles. The molecule has 1 amide bonds. The summed E-state index contributed by atoms with van der Waals surface area (Å²) in [6.45, 7) is -0.493. The minimum absolute atomic E-state index is 0.249. The monoisotopic (exact) mass is 462 g/mol. The Morgan fingerprint density at radius 2 is 2.07 bits per heavy atom. The summed E-state index contributed by atoms with van der Waals surface area (Å²) in [5.41, 5.74) is 1.43. The van der Waals surface area contributed by atoms with Gasteiger partial charge in [-0.25, -0.2) is 9.79 Å². The zero-order chi connectivity index (χ0) is 20.1. The number of rotatable bonds is 6. The van der Waals surface area contributed by atoms with Crippen molar-refractivity contribution in [1.29, 1.82) is 0 Å². The molecule has 1 saturated heterocycles. The van der Waals surface area contributed by atoms with E-state index in [4.69, 9.17) is 14.6 Å². The maximum atomic E-state index is 12.2. The normalized spacial score (nSPS) is 16.3. The van der Waals surface area contributed by atoms with E-state index in [1.54, 1.807) is 18.2 Å². The van der Waals surface area contributed by atoms with E-state index >= 15 is 0 Å². The number of benzene rings is 2. The molecule has 1 aliphatic rings. The molecule has 0 aliphatic carbocycles. The summed E-state index contributed by atoms with van der Waals surface area (Å²) >= 11 is 4.58. The average Bonchev–Trinajstić information content (AvgIpc) is 2.99. The van der Waals surface area contributed by atoms with Crippen LogP contribution in [0.1, 0.15) is 5.56 Å². The third-order valence-electron chi connectivity index (χ3n) is 3.53. The number of para-hydroxylation sites is 1. The van der Waals surface area contributed by atoms with Crippen LogP contribution in [0.15, 0.2) is 56.8 Å². The first kappa shape index (κ1) is 20.0. The zero-order valence-electron chi connectivity index (χ0n) is 14.6. The standard InChI is InChI=1S/C19H15BrN2O5S/c1-26-14-8-11(7-13(20)17(14)27-10-16(23)24)9-15-18(25)22-19(28-15)21-12-5-3-2-4-6-12/h2-9H,10H2,1H3,(H,23,24)(H,21,22,25)/b15-9-. The van der Waals surface area contributed by atoms with Gasteiger partial charge in [0.1, 0.15) is 0 Å². The molecule has 1 fully saturated rings. The van der Waals surface area contributed by atoms with Crippen molar-refractivity contribution in [3.05, 3.63) is 57.4 Å². The van der Waals surface area contributed by atoms with Crippen LogP contribution in [0, 0.1) is 0 Å². The van der Waals surface area contributed by atoms with Crippen molar-refractivity contribution in [2.45, 2.75) is 0 Å². The molecule has 1 heterocycles. The number of ether oxygens (including phenoxy) is 2. The number of amides is 1. The molecule has 0 aromatic heterocycles. The Balaban J connectivity index is 1.84. The van der Waals surface area contributed by atoms with Gasteiger partial charge in [-0.05, 0) is 63.6 Å². The van der Waals surface area contributed by atoms with E-state index in [1.807, 2.05) is 30.3 Å². The number of hydrogen-bond donors (Lipinski definition) is 2. The number of nitrogens with one attached hydrogen (secondary N) is 1. The molecule has 0 unspecified atom stereocenters. The first-order valence-electron chi connectivity index (χ1n) is 8.03. The molecule has 2 aromatic carbocycles. The van der Waals surface area contributed by atoms with Crippen LogP contribution >= 0.6 is 27.7 Å². The predicted octanol–water partition coefficient (Wildman–Crippen LogP) is 3.81. The summed E-state index contributed by atoms with van der Waals surface area (Å²) in [6.07, 6.45) is 1.70. The Hall–Kier alpha value is -2.78. The maximum absolute atomic E-state index is 12.2. The van der Waals surface area contributed by atoms with Crippen molar-refractivity contribution in [3.8, 4) is 11.5 Å². The van der Waals surface area contributed by atoms with Gasteiger partial charge in [0.15, 0.2) is 23.3 Å². The van der Waals surface area contributed by atoms with Crippen LogP contribution in [0.3, 0.4) is 0 Å². The second-order valence-corrected chi connectivity index (χ2v) is 7.42. The molecule has 3 rings (SSSR count). The highest BCUT2D eigenvalue weighted by atomic mass is 79.9. The van der Waals surface area contributed by atoms with Crippen LogP contribution in [0.5, 0.6) is 11.5 Å². The van der Waals surface area contributed by atoms with E-state index in [2.05, 4.69) is 26.2 Å². The maximum Gasteiger partial charge on any atom is 0.341 e. The Morgan fingerprint density at radius 3 is 2.75 bits per heavy atom. The number of thioether (sulfide) groups is 1. The SMILES string of the molecule is COc1cc(/C=C2\SC(=Nc3ccccc3)NC2=O)cc(Br)c1OCC(=O)O. The molecule has 0 spiro atoms. The Kier molecular flexibility index (Phi) is 6.37. The van der Waals surface area contributed by atoms with Gasteiger partial charge in [-0.3, -0.25) is 4.79 Å². The van der Waals surface area contributed by atoms with E-state index < -0.39 is 12.6 Å². The number of nitrogens with zero attached hydrogens (tertiary/aromatic N) is 1. The molecule has 1 aliphatic heterocycles. The molecule has 0 bridgehead atoms. The summed E-state index contributed by atoms with van der Waals surface area (Å²) < 4.78 is 11.1. The number of carbonyl (C=O) groups excluding carboxylic acids is 1. The zero-order valence-corrected chi connectivity index (χ0v) is 17.0. The van der Waals surface area contributed by atoms with Gasteiger partial charge in [0.05, 0.1) is 22.2 Å². The van der Waals surface area contributed by atoms with E-state index in [0.29, 0.717) is 25.9 Å². The minimum Gasteiger partial charge on any atom is -0.493 e. The lowest BCUT2D eigenvalue weighted by Gasteiger charge is -2.12. The molecule has 7 nitrogen and oxygen atoms in total. The molecule has 144 valence electrons. The van der Waals surface area contributed by atoms with Gasteiger partial charge < -0.3 is 19.9 Å². The van der Waals surface area contributed by atoms with Gasteiger partial charge in [-0.2, -0.15) is 0 Å². The van der Waals surface area contributed by atoms with Gasteiger partial charge in [0, 0.05) is 0 Å². The fourth-order valence-corrected chi connectivity index (χ4v) is 3.76. The number of halogens is 1. The molecular formula is C19H15BrN2O5S. The summed E-state index contributed by atoms with van der Waals surface area (Å²) in [4.78, 5) is 27.9. The lowest BCUT2D eigenvalue weighted by atomic mass is 10.2. The van der Waals surface area contributed by atoms with Gasteiger partial charge in [0.25, 0.3) is 5.91 Å². The molecule has 9 heteroatoms. The fraction of sp³-hybridized carbons (Fsp3) is 0.105. The van der Waals surface area contributed by atoms with E-state index in [1.165, 1.54) is 18.9 Å². The van der Waals surface area contributed by atoms with Gasteiger partial charge in [-0.15, -0.1) is 0 Å². The number of carbonyl (C=O) groups is 2. The number of methoxy groups -OCH3 is 1. The van der Waals surface area contributed by atoms with Crippen molar-refractivity contribution in [1.82, 2.24) is 5.32 Å². The molecule has 28 heavy (non-hydrogen) atoms. The second-order valence-electron chi connectivity index (χ2n) is 5.53. The molecule has 0 atom stereocenters. The van der Waals surface area contributed by atoms with Crippen molar-refractivity contribution < 1.29 is 24.2 Å². The van der Waals surface area contributed by atoms with Gasteiger partial charge >= 0.3 is 5.97 Å². The Bertz CT molecular complexity index is 976. The van der Waals surface area contributed by atoms with Crippen molar-refractivity contribution in [2.75, 3.05) is 13.7 Å². The summed E-state index contributed by atoms with van der Waals surface area (Å²) in [5, 5.41) is 12.0.